The average molecular weight is 469 g/mol. The van der Waals surface area contributed by atoms with Crippen molar-refractivity contribution >= 4 is 39.1 Å². The molecule has 2 N–H and O–H groups in total. The monoisotopic (exact) mass is 468 g/mol. The highest BCUT2D eigenvalue weighted by atomic mass is 32.1. The van der Waals surface area contributed by atoms with Crippen molar-refractivity contribution < 1.29 is 14.3 Å². The largest absolute Gasteiger partial charge is 0.495 e. The van der Waals surface area contributed by atoms with Crippen molar-refractivity contribution in [3.05, 3.63) is 47.2 Å². The number of benzene rings is 1. The summed E-state index contributed by atoms with van der Waals surface area (Å²) in [6, 6.07) is 5.00. The number of piperazine rings is 1. The summed E-state index contributed by atoms with van der Waals surface area (Å²) in [4.78, 5) is 38.3. The van der Waals surface area contributed by atoms with Gasteiger partial charge in [0.15, 0.2) is 0 Å². The number of ether oxygens (including phenoxy) is 1. The standard InChI is InChI=1S/C23H28N6O3S/c1-28-8-10-29(11-9-28)7-3-6-25-22(30)16-4-5-18(19(12-16)32-2)27-23(31)17-14-33-20-13-24-15-26-21(17)20/h4-5,12-15H,3,6-11H2,1-2H3,(H,25,30)(H,27,31). The molecule has 3 aromatic rings. The number of carbonyl (C=O) groups is 2. The van der Waals surface area contributed by atoms with Crippen LogP contribution in [0.2, 0.25) is 0 Å². The van der Waals surface area contributed by atoms with Crippen LogP contribution >= 0.6 is 11.3 Å². The lowest BCUT2D eigenvalue weighted by Gasteiger charge is -2.32. The van der Waals surface area contributed by atoms with Crippen molar-refractivity contribution in [3.63, 3.8) is 0 Å². The molecule has 1 saturated heterocycles. The molecule has 2 aromatic heterocycles. The number of likely N-dealkylation sites (N-methyl/N-ethyl adjacent to an activating group) is 1. The van der Waals surface area contributed by atoms with Crippen LogP contribution in [0.1, 0.15) is 27.1 Å². The van der Waals surface area contributed by atoms with Gasteiger partial charge in [0.1, 0.15) is 12.1 Å². The molecule has 3 heterocycles. The first-order chi connectivity index (χ1) is 16.0. The van der Waals surface area contributed by atoms with E-state index in [1.165, 1.54) is 24.8 Å². The number of nitrogens with one attached hydrogen (secondary N) is 2. The van der Waals surface area contributed by atoms with Crippen molar-refractivity contribution in [1.29, 1.82) is 0 Å². The Hall–Kier alpha value is -3.08. The van der Waals surface area contributed by atoms with Crippen LogP contribution in [0.3, 0.4) is 0 Å². The summed E-state index contributed by atoms with van der Waals surface area (Å²) >= 11 is 1.41. The third-order valence-electron chi connectivity index (χ3n) is 5.73. The molecule has 1 fully saturated rings. The van der Waals surface area contributed by atoms with Gasteiger partial charge in [-0.3, -0.25) is 9.59 Å². The van der Waals surface area contributed by atoms with E-state index in [2.05, 4.69) is 37.4 Å². The van der Waals surface area contributed by atoms with Crippen LogP contribution in [-0.2, 0) is 0 Å². The van der Waals surface area contributed by atoms with Gasteiger partial charge < -0.3 is 25.2 Å². The number of thiophene rings is 1. The van der Waals surface area contributed by atoms with Crippen LogP contribution in [0.5, 0.6) is 5.75 Å². The summed E-state index contributed by atoms with van der Waals surface area (Å²) < 4.78 is 6.27. The van der Waals surface area contributed by atoms with E-state index >= 15 is 0 Å². The van der Waals surface area contributed by atoms with Crippen LogP contribution in [0.25, 0.3) is 10.2 Å². The van der Waals surface area contributed by atoms with Gasteiger partial charge in [-0.2, -0.15) is 0 Å². The van der Waals surface area contributed by atoms with Crippen LogP contribution in [-0.4, -0.2) is 85.0 Å². The second kappa shape index (κ2) is 10.7. The van der Waals surface area contributed by atoms with E-state index < -0.39 is 0 Å². The van der Waals surface area contributed by atoms with Crippen molar-refractivity contribution in [2.75, 3.05) is 58.7 Å². The molecule has 0 unspecified atom stereocenters. The molecular weight excluding hydrogens is 440 g/mol. The minimum atomic E-state index is -0.292. The molecule has 174 valence electrons. The topological polar surface area (TPSA) is 99.7 Å². The lowest BCUT2D eigenvalue weighted by Crippen LogP contribution is -2.45. The second-order valence-electron chi connectivity index (χ2n) is 8.01. The van der Waals surface area contributed by atoms with Crippen molar-refractivity contribution in [1.82, 2.24) is 25.1 Å². The zero-order valence-electron chi connectivity index (χ0n) is 18.8. The molecule has 0 saturated carbocycles. The first-order valence-electron chi connectivity index (χ1n) is 10.9. The Morgan fingerprint density at radius 1 is 1.18 bits per heavy atom. The number of carbonyl (C=O) groups excluding carboxylic acids is 2. The minimum Gasteiger partial charge on any atom is -0.495 e. The van der Waals surface area contributed by atoms with E-state index in [0.29, 0.717) is 34.6 Å². The first-order valence-corrected chi connectivity index (χ1v) is 11.8. The SMILES string of the molecule is COc1cc(C(=O)NCCCN2CCN(C)CC2)ccc1NC(=O)c1csc2cncnc12. The molecule has 9 nitrogen and oxygen atoms in total. The molecular formula is C23H28N6O3S. The number of aromatic nitrogens is 2. The fraction of sp³-hybridized carbons (Fsp3) is 0.391. The van der Waals surface area contributed by atoms with Crippen LogP contribution in [0.15, 0.2) is 36.1 Å². The Morgan fingerprint density at radius 3 is 2.79 bits per heavy atom. The first kappa shape index (κ1) is 23.1. The predicted octanol–water partition coefficient (Wildman–Crippen LogP) is 2.32. The summed E-state index contributed by atoms with van der Waals surface area (Å²) in [5, 5.41) is 7.58. The van der Waals surface area contributed by atoms with Gasteiger partial charge in [0.25, 0.3) is 11.8 Å². The Bertz CT molecular complexity index is 1130. The summed E-state index contributed by atoms with van der Waals surface area (Å²) in [6.45, 7) is 5.91. The van der Waals surface area contributed by atoms with Gasteiger partial charge in [0, 0.05) is 49.9 Å². The highest BCUT2D eigenvalue weighted by Crippen LogP contribution is 2.28. The number of hydrogen-bond acceptors (Lipinski definition) is 8. The van der Waals surface area contributed by atoms with E-state index in [0.717, 1.165) is 43.8 Å². The Balaban J connectivity index is 1.33. The van der Waals surface area contributed by atoms with Crippen LogP contribution in [0.4, 0.5) is 5.69 Å². The van der Waals surface area contributed by atoms with Gasteiger partial charge >= 0.3 is 0 Å². The quantitative estimate of drug-likeness (QED) is 0.490. The van der Waals surface area contributed by atoms with E-state index in [1.807, 2.05) is 0 Å². The molecule has 0 radical (unpaired) electrons. The summed E-state index contributed by atoms with van der Waals surface area (Å²) in [5.41, 5.74) is 2.06. The Morgan fingerprint density at radius 2 is 2.00 bits per heavy atom. The molecule has 0 atom stereocenters. The number of fused-ring (bicyclic) bond motifs is 1. The molecule has 1 aliphatic heterocycles. The van der Waals surface area contributed by atoms with E-state index in [4.69, 9.17) is 4.74 Å². The number of nitrogens with zero attached hydrogens (tertiary/aromatic N) is 4. The molecule has 2 amide bonds. The van der Waals surface area contributed by atoms with Crippen LogP contribution < -0.4 is 15.4 Å². The predicted molar refractivity (Wildman–Crippen MR) is 129 cm³/mol. The Labute approximate surface area is 196 Å². The number of rotatable bonds is 8. The molecule has 10 heteroatoms. The molecule has 0 spiro atoms. The Kier molecular flexibility index (Phi) is 7.48. The van der Waals surface area contributed by atoms with Gasteiger partial charge in [0.2, 0.25) is 0 Å². The van der Waals surface area contributed by atoms with Gasteiger partial charge in [-0.15, -0.1) is 11.3 Å². The van der Waals surface area contributed by atoms with Crippen molar-refractivity contribution in [3.8, 4) is 5.75 Å². The normalized spacial score (nSPS) is 14.8. The summed E-state index contributed by atoms with van der Waals surface area (Å²) in [5.74, 6) is -0.0351. The van der Waals surface area contributed by atoms with Crippen molar-refractivity contribution in [2.45, 2.75) is 6.42 Å². The van der Waals surface area contributed by atoms with Crippen molar-refractivity contribution in [2.24, 2.45) is 0 Å². The number of hydrogen-bond donors (Lipinski definition) is 2. The highest BCUT2D eigenvalue weighted by Gasteiger charge is 2.17. The van der Waals surface area contributed by atoms with E-state index in [-0.39, 0.29) is 11.8 Å². The fourth-order valence-electron chi connectivity index (χ4n) is 3.75. The smallest absolute Gasteiger partial charge is 0.258 e. The lowest BCUT2D eigenvalue weighted by molar-refractivity contribution is 0.0948. The maximum atomic E-state index is 12.8. The maximum Gasteiger partial charge on any atom is 0.258 e. The van der Waals surface area contributed by atoms with Crippen LogP contribution in [0, 0.1) is 0 Å². The third-order valence-corrected chi connectivity index (χ3v) is 6.63. The third kappa shape index (κ3) is 5.65. The number of anilines is 1. The summed E-state index contributed by atoms with van der Waals surface area (Å²) in [7, 11) is 3.65. The number of amides is 2. The molecule has 33 heavy (non-hydrogen) atoms. The average Bonchev–Trinajstić information content (AvgIpc) is 3.27. The minimum absolute atomic E-state index is 0.162. The van der Waals surface area contributed by atoms with Gasteiger partial charge in [-0.1, -0.05) is 0 Å². The van der Waals surface area contributed by atoms with Gasteiger partial charge in [0.05, 0.1) is 28.6 Å². The van der Waals surface area contributed by atoms with Gasteiger partial charge in [-0.05, 0) is 38.2 Å². The lowest BCUT2D eigenvalue weighted by atomic mass is 10.1. The molecule has 0 bridgehead atoms. The molecule has 0 aliphatic carbocycles. The zero-order valence-corrected chi connectivity index (χ0v) is 19.7. The maximum absolute atomic E-state index is 12.8. The molecule has 1 aliphatic rings. The summed E-state index contributed by atoms with van der Waals surface area (Å²) in [6.07, 6.45) is 4.01. The van der Waals surface area contributed by atoms with E-state index in [9.17, 15) is 9.59 Å². The number of methoxy groups -OCH3 is 1. The second-order valence-corrected chi connectivity index (χ2v) is 8.92. The highest BCUT2D eigenvalue weighted by molar-refractivity contribution is 7.17. The van der Waals surface area contributed by atoms with Gasteiger partial charge in [-0.25, -0.2) is 9.97 Å². The zero-order chi connectivity index (χ0) is 23.2. The van der Waals surface area contributed by atoms with E-state index in [1.54, 1.807) is 29.8 Å². The molecule has 1 aromatic carbocycles. The fourth-order valence-corrected chi connectivity index (χ4v) is 4.61. The molecule has 4 rings (SSSR count).